The van der Waals surface area contributed by atoms with Crippen LogP contribution in [0.3, 0.4) is 0 Å². The summed E-state index contributed by atoms with van der Waals surface area (Å²) < 4.78 is 1.57. The zero-order valence-electron chi connectivity index (χ0n) is 10.1. The third-order valence-electron chi connectivity index (χ3n) is 3.19. The first-order chi connectivity index (χ1) is 9.29. The van der Waals surface area contributed by atoms with Crippen molar-refractivity contribution >= 4 is 27.5 Å². The Morgan fingerprint density at radius 2 is 2.11 bits per heavy atom. The molecule has 7 heteroatoms. The molecule has 1 fully saturated rings. The zero-order valence-corrected chi connectivity index (χ0v) is 11.7. The number of carbonyl (C=O) groups excluding carboxylic acids is 1. The summed E-state index contributed by atoms with van der Waals surface area (Å²) in [6.45, 7) is 0.725. The first kappa shape index (κ1) is 12.3. The predicted octanol–water partition coefficient (Wildman–Crippen LogP) is 1.41. The van der Waals surface area contributed by atoms with Crippen molar-refractivity contribution in [1.29, 1.82) is 0 Å². The largest absolute Gasteiger partial charge is 0.310 e. The molecular weight excluding hydrogens is 310 g/mol. The quantitative estimate of drug-likeness (QED) is 0.802. The van der Waals surface area contributed by atoms with E-state index in [1.807, 2.05) is 29.2 Å². The minimum Gasteiger partial charge on any atom is -0.310 e. The normalized spacial score (nSPS) is 19.1. The Morgan fingerprint density at radius 1 is 1.32 bits per heavy atom. The predicted molar refractivity (Wildman–Crippen MR) is 73.4 cm³/mol. The number of hydrogen-bond donors (Lipinski definition) is 0. The van der Waals surface area contributed by atoms with E-state index in [1.165, 1.54) is 6.33 Å². The molecule has 0 saturated carbocycles. The van der Waals surface area contributed by atoms with Crippen LogP contribution in [0.2, 0.25) is 0 Å². The second kappa shape index (κ2) is 5.08. The molecule has 2 aromatic rings. The highest BCUT2D eigenvalue weighted by molar-refractivity contribution is 9.09. The van der Waals surface area contributed by atoms with Crippen LogP contribution in [0.1, 0.15) is 6.42 Å². The number of nitrogens with zero attached hydrogens (tertiary/aromatic N) is 5. The van der Waals surface area contributed by atoms with Crippen LogP contribution in [-0.4, -0.2) is 38.0 Å². The zero-order chi connectivity index (χ0) is 13.2. The highest BCUT2D eigenvalue weighted by Crippen LogP contribution is 2.30. The summed E-state index contributed by atoms with van der Waals surface area (Å²) >= 11 is 3.44. The van der Waals surface area contributed by atoms with Gasteiger partial charge in [0, 0.05) is 18.3 Å². The number of alkyl halides is 1. The molecule has 98 valence electrons. The molecule has 1 amide bonds. The SMILES string of the molecule is O=C1CC(CBr)CN1c1ccccc1-n1cnnn1. The highest BCUT2D eigenvalue weighted by Gasteiger charge is 2.31. The fourth-order valence-electron chi connectivity index (χ4n) is 2.28. The van der Waals surface area contributed by atoms with Crippen LogP contribution >= 0.6 is 15.9 Å². The van der Waals surface area contributed by atoms with Gasteiger partial charge in [0.05, 0.1) is 11.4 Å². The van der Waals surface area contributed by atoms with Gasteiger partial charge < -0.3 is 4.90 Å². The molecule has 1 saturated heterocycles. The average molecular weight is 322 g/mol. The molecule has 0 bridgehead atoms. The van der Waals surface area contributed by atoms with Gasteiger partial charge in [-0.05, 0) is 28.5 Å². The van der Waals surface area contributed by atoms with Crippen LogP contribution in [-0.2, 0) is 4.79 Å². The van der Waals surface area contributed by atoms with Gasteiger partial charge in [-0.3, -0.25) is 4.79 Å². The number of hydrogen-bond acceptors (Lipinski definition) is 4. The summed E-state index contributed by atoms with van der Waals surface area (Å²) in [6, 6.07) is 7.65. The Balaban J connectivity index is 2.00. The maximum atomic E-state index is 12.1. The maximum Gasteiger partial charge on any atom is 0.227 e. The van der Waals surface area contributed by atoms with Crippen LogP contribution in [0.25, 0.3) is 5.69 Å². The molecule has 1 aromatic carbocycles. The number of aromatic nitrogens is 4. The van der Waals surface area contributed by atoms with E-state index in [4.69, 9.17) is 0 Å². The molecule has 1 unspecified atom stereocenters. The number of halogens is 1. The van der Waals surface area contributed by atoms with Crippen molar-refractivity contribution in [3.63, 3.8) is 0 Å². The smallest absolute Gasteiger partial charge is 0.227 e. The molecule has 1 aliphatic rings. The lowest BCUT2D eigenvalue weighted by atomic mass is 10.2. The maximum absolute atomic E-state index is 12.1. The first-order valence-electron chi connectivity index (χ1n) is 5.98. The van der Waals surface area contributed by atoms with Crippen molar-refractivity contribution in [2.75, 3.05) is 16.8 Å². The summed E-state index contributed by atoms with van der Waals surface area (Å²) in [5, 5.41) is 12.0. The topological polar surface area (TPSA) is 63.9 Å². The van der Waals surface area contributed by atoms with Crippen molar-refractivity contribution < 1.29 is 4.79 Å². The molecule has 0 spiro atoms. The molecule has 2 heterocycles. The summed E-state index contributed by atoms with van der Waals surface area (Å²) in [5.41, 5.74) is 1.67. The molecule has 0 N–H and O–H groups in total. The number of anilines is 1. The summed E-state index contributed by atoms with van der Waals surface area (Å²) in [6.07, 6.45) is 2.11. The van der Waals surface area contributed by atoms with Gasteiger partial charge in [-0.2, -0.15) is 4.68 Å². The third-order valence-corrected chi connectivity index (χ3v) is 4.11. The molecule has 1 atom stereocenters. The Bertz CT molecular complexity index is 586. The second-order valence-corrected chi connectivity index (χ2v) is 5.12. The van der Waals surface area contributed by atoms with Gasteiger partial charge in [0.1, 0.15) is 6.33 Å². The summed E-state index contributed by atoms with van der Waals surface area (Å²) in [5.74, 6) is 0.499. The average Bonchev–Trinajstić information content (AvgIpc) is 3.08. The van der Waals surface area contributed by atoms with Gasteiger partial charge in [0.15, 0.2) is 0 Å². The number of rotatable bonds is 3. The van der Waals surface area contributed by atoms with Crippen molar-refractivity contribution in [3.05, 3.63) is 30.6 Å². The van der Waals surface area contributed by atoms with E-state index in [2.05, 4.69) is 31.5 Å². The molecular formula is C12H12BrN5O. The fourth-order valence-corrected chi connectivity index (χ4v) is 2.71. The first-order valence-corrected chi connectivity index (χ1v) is 7.10. The van der Waals surface area contributed by atoms with Crippen molar-refractivity contribution in [3.8, 4) is 5.69 Å². The van der Waals surface area contributed by atoms with Gasteiger partial charge in [-0.1, -0.05) is 28.1 Å². The molecule has 0 radical (unpaired) electrons. The molecule has 3 rings (SSSR count). The lowest BCUT2D eigenvalue weighted by Gasteiger charge is -2.19. The molecule has 1 aromatic heterocycles. The number of amides is 1. The van der Waals surface area contributed by atoms with Crippen LogP contribution in [0.15, 0.2) is 30.6 Å². The Kier molecular flexibility index (Phi) is 3.29. The van der Waals surface area contributed by atoms with E-state index < -0.39 is 0 Å². The van der Waals surface area contributed by atoms with Gasteiger partial charge in [-0.25, -0.2) is 0 Å². The van der Waals surface area contributed by atoms with Crippen molar-refractivity contribution in [2.24, 2.45) is 5.92 Å². The molecule has 0 aliphatic carbocycles. The number of benzene rings is 1. The van der Waals surface area contributed by atoms with Crippen LogP contribution in [0, 0.1) is 5.92 Å². The van der Waals surface area contributed by atoms with Crippen LogP contribution < -0.4 is 4.90 Å². The Hall–Kier alpha value is -1.76. The van der Waals surface area contributed by atoms with E-state index >= 15 is 0 Å². The van der Waals surface area contributed by atoms with Gasteiger partial charge in [0.2, 0.25) is 5.91 Å². The van der Waals surface area contributed by atoms with Crippen molar-refractivity contribution in [2.45, 2.75) is 6.42 Å². The lowest BCUT2D eigenvalue weighted by Crippen LogP contribution is -2.26. The Labute approximate surface area is 118 Å². The number of tetrazole rings is 1. The van der Waals surface area contributed by atoms with Crippen molar-refractivity contribution in [1.82, 2.24) is 20.2 Å². The molecule has 6 nitrogen and oxygen atoms in total. The Morgan fingerprint density at radius 3 is 2.74 bits per heavy atom. The van der Waals surface area contributed by atoms with Gasteiger partial charge >= 0.3 is 0 Å². The van der Waals surface area contributed by atoms with Crippen LogP contribution in [0.4, 0.5) is 5.69 Å². The van der Waals surface area contributed by atoms with Gasteiger partial charge in [-0.15, -0.1) is 5.10 Å². The van der Waals surface area contributed by atoms with E-state index in [9.17, 15) is 4.79 Å². The fraction of sp³-hybridized carbons (Fsp3) is 0.333. The molecule has 19 heavy (non-hydrogen) atoms. The number of para-hydroxylation sites is 2. The third kappa shape index (κ3) is 2.25. The lowest BCUT2D eigenvalue weighted by molar-refractivity contribution is -0.117. The standard InChI is InChI=1S/C12H12BrN5O/c13-6-9-5-12(19)17(7-9)10-3-1-2-4-11(10)18-8-14-15-16-18/h1-4,8-9H,5-7H2. The summed E-state index contributed by atoms with van der Waals surface area (Å²) in [7, 11) is 0. The summed E-state index contributed by atoms with van der Waals surface area (Å²) in [4.78, 5) is 13.9. The van der Waals surface area contributed by atoms with Gasteiger partial charge in [0.25, 0.3) is 0 Å². The minimum atomic E-state index is 0.143. The van der Waals surface area contributed by atoms with E-state index in [1.54, 1.807) is 4.68 Å². The molecule has 1 aliphatic heterocycles. The van der Waals surface area contributed by atoms with Crippen LogP contribution in [0.5, 0.6) is 0 Å². The number of carbonyl (C=O) groups is 1. The van der Waals surface area contributed by atoms with E-state index in [0.717, 1.165) is 23.2 Å². The minimum absolute atomic E-state index is 0.143. The van der Waals surface area contributed by atoms with E-state index in [-0.39, 0.29) is 5.91 Å². The highest BCUT2D eigenvalue weighted by atomic mass is 79.9. The van der Waals surface area contributed by atoms with E-state index in [0.29, 0.717) is 12.3 Å². The monoisotopic (exact) mass is 321 g/mol. The second-order valence-electron chi connectivity index (χ2n) is 4.47.